The van der Waals surface area contributed by atoms with Crippen LogP contribution < -0.4 is 5.56 Å². The van der Waals surface area contributed by atoms with Gasteiger partial charge in [-0.3, -0.25) is 4.79 Å². The summed E-state index contributed by atoms with van der Waals surface area (Å²) in [6.07, 6.45) is 2.64. The molecule has 1 aromatic heterocycles. The Morgan fingerprint density at radius 1 is 1.13 bits per heavy atom. The quantitative estimate of drug-likeness (QED) is 0.786. The topological polar surface area (TPSA) is 61.5 Å². The van der Waals surface area contributed by atoms with Crippen LogP contribution in [0.3, 0.4) is 0 Å². The van der Waals surface area contributed by atoms with Gasteiger partial charge in [-0.05, 0) is 24.8 Å². The third-order valence-electron chi connectivity index (χ3n) is 2.34. The standard InChI is InChI=1S/C11H13N3O/c15-11-10(12-14-13-11)8-4-7-9-5-2-1-3-6-9/h1-3,5-6H,4,7-8H2,(H2,12,13,14,15). The molecule has 2 N–H and O–H groups in total. The minimum absolute atomic E-state index is 0.108. The van der Waals surface area contributed by atoms with Gasteiger partial charge in [-0.25, -0.2) is 10.3 Å². The maximum absolute atomic E-state index is 11.1. The summed E-state index contributed by atoms with van der Waals surface area (Å²) in [5.41, 5.74) is 1.78. The van der Waals surface area contributed by atoms with E-state index in [2.05, 4.69) is 27.5 Å². The number of rotatable bonds is 4. The van der Waals surface area contributed by atoms with Gasteiger partial charge in [0.05, 0.1) is 0 Å². The van der Waals surface area contributed by atoms with Crippen molar-refractivity contribution in [1.29, 1.82) is 0 Å². The number of benzene rings is 1. The predicted molar refractivity (Wildman–Crippen MR) is 57.7 cm³/mol. The van der Waals surface area contributed by atoms with Crippen LogP contribution in [0.5, 0.6) is 0 Å². The molecule has 2 rings (SSSR count). The van der Waals surface area contributed by atoms with E-state index in [1.165, 1.54) is 5.56 Å². The van der Waals surface area contributed by atoms with E-state index in [9.17, 15) is 4.79 Å². The van der Waals surface area contributed by atoms with Crippen LogP contribution >= 0.6 is 0 Å². The van der Waals surface area contributed by atoms with Gasteiger partial charge in [-0.1, -0.05) is 30.3 Å². The van der Waals surface area contributed by atoms with Crippen LogP contribution in [0.25, 0.3) is 0 Å². The monoisotopic (exact) mass is 203 g/mol. The first-order chi connectivity index (χ1) is 7.36. The number of aromatic amines is 2. The van der Waals surface area contributed by atoms with Gasteiger partial charge in [-0.2, -0.15) is 5.10 Å². The normalized spacial score (nSPS) is 10.4. The molecule has 4 heteroatoms. The molecule has 0 aliphatic heterocycles. The van der Waals surface area contributed by atoms with Crippen molar-refractivity contribution >= 4 is 0 Å². The number of aromatic nitrogens is 3. The Morgan fingerprint density at radius 3 is 2.60 bits per heavy atom. The lowest BCUT2D eigenvalue weighted by Crippen LogP contribution is -2.06. The Morgan fingerprint density at radius 2 is 1.93 bits per heavy atom. The van der Waals surface area contributed by atoms with E-state index in [1.54, 1.807) is 0 Å². The van der Waals surface area contributed by atoms with Crippen LogP contribution in [0.2, 0.25) is 0 Å². The number of aryl methyl sites for hydroxylation is 2. The summed E-state index contributed by atoms with van der Waals surface area (Å²) < 4.78 is 0. The zero-order valence-electron chi connectivity index (χ0n) is 8.36. The van der Waals surface area contributed by atoms with Crippen molar-refractivity contribution in [2.45, 2.75) is 19.3 Å². The highest BCUT2D eigenvalue weighted by Crippen LogP contribution is 2.03. The highest BCUT2D eigenvalue weighted by atomic mass is 16.1. The van der Waals surface area contributed by atoms with Gasteiger partial charge in [0.15, 0.2) is 0 Å². The van der Waals surface area contributed by atoms with Gasteiger partial charge in [0.1, 0.15) is 5.69 Å². The van der Waals surface area contributed by atoms with Crippen molar-refractivity contribution in [2.75, 3.05) is 0 Å². The van der Waals surface area contributed by atoms with Crippen LogP contribution in [0.15, 0.2) is 35.1 Å². The molecule has 0 unspecified atom stereocenters. The summed E-state index contributed by atoms with van der Waals surface area (Å²) >= 11 is 0. The molecule has 78 valence electrons. The Balaban J connectivity index is 1.86. The minimum atomic E-state index is -0.108. The van der Waals surface area contributed by atoms with Gasteiger partial charge >= 0.3 is 0 Å². The summed E-state index contributed by atoms with van der Waals surface area (Å²) in [7, 11) is 0. The molecule has 0 saturated carbocycles. The zero-order valence-corrected chi connectivity index (χ0v) is 8.36. The average Bonchev–Trinajstić information content (AvgIpc) is 2.66. The Labute approximate surface area is 87.3 Å². The van der Waals surface area contributed by atoms with Crippen molar-refractivity contribution < 1.29 is 0 Å². The van der Waals surface area contributed by atoms with Gasteiger partial charge in [-0.15, -0.1) is 0 Å². The molecule has 0 amide bonds. The maximum Gasteiger partial charge on any atom is 0.287 e. The van der Waals surface area contributed by atoms with E-state index >= 15 is 0 Å². The van der Waals surface area contributed by atoms with E-state index < -0.39 is 0 Å². The second kappa shape index (κ2) is 4.59. The third-order valence-corrected chi connectivity index (χ3v) is 2.34. The van der Waals surface area contributed by atoms with Crippen molar-refractivity contribution in [1.82, 2.24) is 15.4 Å². The fourth-order valence-corrected chi connectivity index (χ4v) is 1.54. The average molecular weight is 203 g/mol. The van der Waals surface area contributed by atoms with Gasteiger partial charge < -0.3 is 0 Å². The molecule has 0 bridgehead atoms. The number of nitrogens with one attached hydrogen (secondary N) is 2. The summed E-state index contributed by atoms with van der Waals surface area (Å²) in [4.78, 5) is 11.1. The molecule has 0 radical (unpaired) electrons. The first kappa shape index (κ1) is 9.71. The molecule has 2 aromatic rings. The molecular formula is C11H13N3O. The molecule has 4 nitrogen and oxygen atoms in total. The van der Waals surface area contributed by atoms with E-state index in [0.29, 0.717) is 12.1 Å². The largest absolute Gasteiger partial charge is 0.287 e. The van der Waals surface area contributed by atoms with Crippen LogP contribution in [-0.2, 0) is 12.8 Å². The lowest BCUT2D eigenvalue weighted by atomic mass is 10.1. The fraction of sp³-hybridized carbons (Fsp3) is 0.273. The summed E-state index contributed by atoms with van der Waals surface area (Å²) in [6, 6.07) is 10.2. The number of hydrogen-bond acceptors (Lipinski definition) is 2. The fourth-order valence-electron chi connectivity index (χ4n) is 1.54. The number of hydrogen-bond donors (Lipinski definition) is 2. The number of H-pyrrole nitrogens is 2. The lowest BCUT2D eigenvalue weighted by molar-refractivity contribution is 0.788. The van der Waals surface area contributed by atoms with Gasteiger partial charge in [0.2, 0.25) is 0 Å². The first-order valence-electron chi connectivity index (χ1n) is 5.02. The predicted octanol–water partition coefficient (Wildman–Crippen LogP) is 1.27. The third kappa shape index (κ3) is 2.56. The molecule has 0 fully saturated rings. The smallest absolute Gasteiger partial charge is 0.266 e. The van der Waals surface area contributed by atoms with Crippen LogP contribution in [0.1, 0.15) is 17.7 Å². The van der Waals surface area contributed by atoms with Crippen LogP contribution in [-0.4, -0.2) is 15.4 Å². The van der Waals surface area contributed by atoms with E-state index in [4.69, 9.17) is 0 Å². The van der Waals surface area contributed by atoms with Crippen molar-refractivity contribution in [3.8, 4) is 0 Å². The van der Waals surface area contributed by atoms with E-state index in [1.807, 2.05) is 18.2 Å². The van der Waals surface area contributed by atoms with Crippen LogP contribution in [0.4, 0.5) is 0 Å². The van der Waals surface area contributed by atoms with Gasteiger partial charge in [0.25, 0.3) is 5.56 Å². The second-order valence-electron chi connectivity index (χ2n) is 3.46. The zero-order chi connectivity index (χ0) is 10.5. The Bertz CT molecular complexity index is 458. The first-order valence-corrected chi connectivity index (χ1v) is 5.02. The minimum Gasteiger partial charge on any atom is -0.266 e. The maximum atomic E-state index is 11.1. The van der Waals surface area contributed by atoms with Crippen molar-refractivity contribution in [2.24, 2.45) is 0 Å². The van der Waals surface area contributed by atoms with Crippen molar-refractivity contribution in [3.05, 3.63) is 51.9 Å². The SMILES string of the molecule is O=c1[nH][nH]nc1CCCc1ccccc1. The molecule has 1 aromatic carbocycles. The molecule has 0 aliphatic rings. The lowest BCUT2D eigenvalue weighted by Gasteiger charge is -1.98. The van der Waals surface area contributed by atoms with E-state index in [0.717, 1.165) is 12.8 Å². The Hall–Kier alpha value is -1.84. The molecule has 1 heterocycles. The Kier molecular flexibility index (Phi) is 2.97. The molecular weight excluding hydrogens is 190 g/mol. The highest BCUT2D eigenvalue weighted by Gasteiger charge is 2.01. The van der Waals surface area contributed by atoms with E-state index in [-0.39, 0.29) is 5.56 Å². The molecule has 0 spiro atoms. The molecule has 0 saturated heterocycles. The molecule has 0 aliphatic carbocycles. The highest BCUT2D eigenvalue weighted by molar-refractivity contribution is 5.14. The number of nitrogens with zero attached hydrogens (tertiary/aromatic N) is 1. The van der Waals surface area contributed by atoms with Crippen molar-refractivity contribution in [3.63, 3.8) is 0 Å². The van der Waals surface area contributed by atoms with Gasteiger partial charge in [0, 0.05) is 0 Å². The molecule has 15 heavy (non-hydrogen) atoms. The molecule has 0 atom stereocenters. The second-order valence-corrected chi connectivity index (χ2v) is 3.46. The summed E-state index contributed by atoms with van der Waals surface area (Å²) in [5, 5.41) is 8.74. The summed E-state index contributed by atoms with van der Waals surface area (Å²) in [6.45, 7) is 0. The summed E-state index contributed by atoms with van der Waals surface area (Å²) in [5.74, 6) is 0. The van der Waals surface area contributed by atoms with Crippen LogP contribution in [0, 0.1) is 0 Å².